The predicted molar refractivity (Wildman–Crippen MR) is 62.4 cm³/mol. The zero-order chi connectivity index (χ0) is 11.6. The van der Waals surface area contributed by atoms with E-state index in [1.807, 2.05) is 22.6 Å². The molecule has 0 saturated carbocycles. The van der Waals surface area contributed by atoms with Crippen LogP contribution in [0.4, 0.5) is 0 Å². The van der Waals surface area contributed by atoms with Gasteiger partial charge in [-0.15, -0.1) is 0 Å². The Labute approximate surface area is 101 Å². The van der Waals surface area contributed by atoms with Crippen molar-refractivity contribution in [3.63, 3.8) is 0 Å². The number of hydrogen-bond donors (Lipinski definition) is 0. The van der Waals surface area contributed by atoms with Gasteiger partial charge in [-0.25, -0.2) is 4.79 Å². The third kappa shape index (κ3) is 2.06. The Hall–Kier alpha value is -0.850. The molecule has 1 heterocycles. The van der Waals surface area contributed by atoms with E-state index in [1.54, 1.807) is 24.0 Å². The molecule has 0 aliphatic carbocycles. The molecule has 15 heavy (non-hydrogen) atoms. The summed E-state index contributed by atoms with van der Waals surface area (Å²) in [6.45, 7) is 3.19. The highest BCUT2D eigenvalue weighted by Crippen LogP contribution is 2.32. The van der Waals surface area contributed by atoms with Gasteiger partial charge in [-0.05, 0) is 24.0 Å². The first-order chi connectivity index (χ1) is 6.96. The number of esters is 1. The van der Waals surface area contributed by atoms with Gasteiger partial charge >= 0.3 is 5.97 Å². The average Bonchev–Trinajstić information content (AvgIpc) is 2.38. The van der Waals surface area contributed by atoms with Crippen molar-refractivity contribution >= 4 is 34.3 Å². The first-order valence-electron chi connectivity index (χ1n) is 4.27. The molecule has 1 aliphatic rings. The van der Waals surface area contributed by atoms with Gasteiger partial charge in [0.25, 0.3) is 0 Å². The maximum absolute atomic E-state index is 11.9. The van der Waals surface area contributed by atoms with Gasteiger partial charge in [0.15, 0.2) is 5.60 Å². The van der Waals surface area contributed by atoms with E-state index < -0.39 is 11.6 Å². The second-order valence-corrected chi connectivity index (χ2v) is 3.97. The van der Waals surface area contributed by atoms with Crippen LogP contribution in [-0.4, -0.2) is 24.5 Å². The van der Waals surface area contributed by atoms with Crippen molar-refractivity contribution in [2.24, 2.45) is 0 Å². The Morgan fingerprint density at radius 1 is 1.60 bits per heavy atom. The average molecular weight is 322 g/mol. The van der Waals surface area contributed by atoms with Crippen LogP contribution in [0, 0.1) is 0 Å². The summed E-state index contributed by atoms with van der Waals surface area (Å²) in [5.41, 5.74) is -1.08. The SMILES string of the molecule is COC(=O)C1=C(C)O[C@](C)(/C=C/I)C1=O. The number of halogens is 1. The second-order valence-electron chi connectivity index (χ2n) is 3.25. The summed E-state index contributed by atoms with van der Waals surface area (Å²) in [5, 5.41) is 0. The molecule has 1 atom stereocenters. The van der Waals surface area contributed by atoms with Crippen LogP contribution in [0.25, 0.3) is 0 Å². The van der Waals surface area contributed by atoms with Gasteiger partial charge in [-0.2, -0.15) is 0 Å². The van der Waals surface area contributed by atoms with Crippen molar-refractivity contribution in [2.45, 2.75) is 19.4 Å². The van der Waals surface area contributed by atoms with Crippen LogP contribution in [0.1, 0.15) is 13.8 Å². The molecule has 1 aliphatic heterocycles. The normalized spacial score (nSPS) is 26.0. The monoisotopic (exact) mass is 322 g/mol. The zero-order valence-corrected chi connectivity index (χ0v) is 10.8. The molecule has 5 heteroatoms. The molecule has 0 fully saturated rings. The Kier molecular flexibility index (Phi) is 3.54. The van der Waals surface area contributed by atoms with E-state index in [4.69, 9.17) is 4.74 Å². The molecule has 0 spiro atoms. The molecule has 4 nitrogen and oxygen atoms in total. The molecule has 82 valence electrons. The first-order valence-corrected chi connectivity index (χ1v) is 5.51. The molecular formula is C10H11IO4. The van der Waals surface area contributed by atoms with E-state index >= 15 is 0 Å². The van der Waals surface area contributed by atoms with E-state index in [-0.39, 0.29) is 11.4 Å². The van der Waals surface area contributed by atoms with E-state index in [0.717, 1.165) is 0 Å². The topological polar surface area (TPSA) is 52.6 Å². The fourth-order valence-electron chi connectivity index (χ4n) is 1.39. The van der Waals surface area contributed by atoms with Crippen LogP contribution in [0.5, 0.6) is 0 Å². The summed E-state index contributed by atoms with van der Waals surface area (Å²) in [7, 11) is 1.24. The second kappa shape index (κ2) is 4.34. The molecule has 0 aromatic heterocycles. The maximum atomic E-state index is 11.9. The maximum Gasteiger partial charge on any atom is 0.345 e. The smallest absolute Gasteiger partial charge is 0.345 e. The van der Waals surface area contributed by atoms with Crippen molar-refractivity contribution in [3.05, 3.63) is 21.5 Å². The lowest BCUT2D eigenvalue weighted by Gasteiger charge is -2.17. The standard InChI is InChI=1S/C10H11IO4/c1-6-7(9(13)14-3)8(12)10(2,15-6)4-5-11/h4-5H,1-3H3/b5-4+/t10-/m1/s1. The fraction of sp³-hybridized carbons (Fsp3) is 0.400. The minimum atomic E-state index is -1.07. The highest BCUT2D eigenvalue weighted by Gasteiger charge is 2.45. The molecule has 0 amide bonds. The molecule has 0 bridgehead atoms. The van der Waals surface area contributed by atoms with Crippen LogP contribution in [0.2, 0.25) is 0 Å². The number of allylic oxidation sites excluding steroid dienone is 1. The molecule has 0 saturated heterocycles. The highest BCUT2D eigenvalue weighted by molar-refractivity contribution is 14.1. The Morgan fingerprint density at radius 2 is 2.20 bits per heavy atom. The van der Waals surface area contributed by atoms with E-state index in [0.29, 0.717) is 5.76 Å². The lowest BCUT2D eigenvalue weighted by atomic mass is 9.97. The zero-order valence-electron chi connectivity index (χ0n) is 8.67. The minimum absolute atomic E-state index is 0.00509. The Bertz CT molecular complexity index is 370. The summed E-state index contributed by atoms with van der Waals surface area (Å²) in [4.78, 5) is 23.2. The van der Waals surface area contributed by atoms with E-state index in [1.165, 1.54) is 7.11 Å². The Morgan fingerprint density at radius 3 is 2.67 bits per heavy atom. The van der Waals surface area contributed by atoms with Crippen molar-refractivity contribution in [1.82, 2.24) is 0 Å². The van der Waals surface area contributed by atoms with Crippen molar-refractivity contribution < 1.29 is 19.1 Å². The van der Waals surface area contributed by atoms with E-state index in [9.17, 15) is 9.59 Å². The number of carbonyl (C=O) groups is 2. The Balaban J connectivity index is 3.08. The van der Waals surface area contributed by atoms with E-state index in [2.05, 4.69) is 4.74 Å². The number of ether oxygens (including phenoxy) is 2. The van der Waals surface area contributed by atoms with Gasteiger partial charge in [-0.3, -0.25) is 4.79 Å². The fourth-order valence-corrected chi connectivity index (χ4v) is 2.08. The number of methoxy groups -OCH3 is 1. The molecule has 0 N–H and O–H groups in total. The molecule has 0 aromatic rings. The van der Waals surface area contributed by atoms with Crippen molar-refractivity contribution in [1.29, 1.82) is 0 Å². The number of hydrogen-bond acceptors (Lipinski definition) is 4. The highest BCUT2D eigenvalue weighted by atomic mass is 127. The van der Waals surface area contributed by atoms with Gasteiger partial charge in [0, 0.05) is 0 Å². The summed E-state index contributed by atoms with van der Waals surface area (Å²) in [6.07, 6.45) is 1.61. The summed E-state index contributed by atoms with van der Waals surface area (Å²) < 4.78 is 11.6. The number of ketones is 1. The minimum Gasteiger partial charge on any atom is -0.479 e. The summed E-state index contributed by atoms with van der Waals surface area (Å²) >= 11 is 1.99. The lowest BCUT2D eigenvalue weighted by molar-refractivity contribution is -0.138. The molecule has 0 aromatic carbocycles. The molecule has 0 unspecified atom stereocenters. The van der Waals surface area contributed by atoms with Gasteiger partial charge in [0.2, 0.25) is 5.78 Å². The predicted octanol–water partition coefficient (Wildman–Crippen LogP) is 1.74. The third-order valence-electron chi connectivity index (χ3n) is 2.17. The van der Waals surface area contributed by atoms with Crippen LogP contribution >= 0.6 is 22.6 Å². The first kappa shape index (κ1) is 12.2. The summed E-state index contributed by atoms with van der Waals surface area (Å²) in [5.74, 6) is -0.702. The molecule has 1 rings (SSSR count). The number of Topliss-reactive ketones (excluding diaryl/α,β-unsaturated/α-hetero) is 1. The van der Waals surface area contributed by atoms with Crippen molar-refractivity contribution in [2.75, 3.05) is 7.11 Å². The van der Waals surface area contributed by atoms with Crippen LogP contribution < -0.4 is 0 Å². The van der Waals surface area contributed by atoms with Gasteiger partial charge in [0.1, 0.15) is 11.3 Å². The summed E-state index contributed by atoms with van der Waals surface area (Å²) in [6, 6.07) is 0. The largest absolute Gasteiger partial charge is 0.479 e. The van der Waals surface area contributed by atoms with Gasteiger partial charge in [0.05, 0.1) is 7.11 Å². The molecular weight excluding hydrogens is 311 g/mol. The third-order valence-corrected chi connectivity index (χ3v) is 2.53. The lowest BCUT2D eigenvalue weighted by Crippen LogP contribution is -2.32. The molecule has 0 radical (unpaired) electrons. The number of rotatable bonds is 2. The van der Waals surface area contributed by atoms with Crippen molar-refractivity contribution in [3.8, 4) is 0 Å². The van der Waals surface area contributed by atoms with Gasteiger partial charge in [-0.1, -0.05) is 22.6 Å². The quantitative estimate of drug-likeness (QED) is 0.441. The van der Waals surface area contributed by atoms with Crippen LogP contribution in [0.3, 0.4) is 0 Å². The van der Waals surface area contributed by atoms with Crippen LogP contribution in [0.15, 0.2) is 21.5 Å². The van der Waals surface area contributed by atoms with Gasteiger partial charge < -0.3 is 9.47 Å². The van der Waals surface area contributed by atoms with Crippen LogP contribution in [-0.2, 0) is 19.1 Å². The number of carbonyl (C=O) groups excluding carboxylic acids is 2.